The first kappa shape index (κ1) is 16.0. The van der Waals surface area contributed by atoms with Gasteiger partial charge < -0.3 is 15.0 Å². The van der Waals surface area contributed by atoms with Gasteiger partial charge in [-0.15, -0.1) is 0 Å². The topological polar surface area (TPSA) is 41.6 Å². The summed E-state index contributed by atoms with van der Waals surface area (Å²) < 4.78 is 6.57. The Bertz CT molecular complexity index is 433. The fraction of sp³-hybridized carbons (Fsp3) is 0.500. The number of nitrogens with zero attached hydrogens (tertiary/aromatic N) is 1. The zero-order valence-electron chi connectivity index (χ0n) is 11.9. The van der Waals surface area contributed by atoms with Gasteiger partial charge in [-0.1, -0.05) is 12.1 Å². The van der Waals surface area contributed by atoms with Crippen LogP contribution >= 0.6 is 15.9 Å². The van der Waals surface area contributed by atoms with E-state index < -0.39 is 5.54 Å². The fourth-order valence-corrected chi connectivity index (χ4v) is 2.12. The Kier molecular flexibility index (Phi) is 5.82. The van der Waals surface area contributed by atoms with Crippen molar-refractivity contribution in [1.82, 2.24) is 10.2 Å². The zero-order valence-corrected chi connectivity index (χ0v) is 13.5. The molecule has 1 aromatic rings. The molecule has 0 spiro atoms. The number of nitrogens with one attached hydrogen (secondary N) is 1. The molecule has 1 aromatic carbocycles. The number of carbonyl (C=O) groups is 1. The number of carbonyl (C=O) groups excluding carboxylic acids is 1. The van der Waals surface area contributed by atoms with Gasteiger partial charge in [0.15, 0.2) is 0 Å². The third-order valence-corrected chi connectivity index (χ3v) is 3.36. The van der Waals surface area contributed by atoms with Crippen molar-refractivity contribution in [1.29, 1.82) is 0 Å². The lowest BCUT2D eigenvalue weighted by atomic mass is 10.0. The molecule has 0 radical (unpaired) electrons. The summed E-state index contributed by atoms with van der Waals surface area (Å²) in [6.45, 7) is 4.85. The first-order valence-corrected chi connectivity index (χ1v) is 6.98. The SMILES string of the molecule is CN(C)C(=O)C(C)(C)NCCOc1ccccc1Br. The van der Waals surface area contributed by atoms with Crippen molar-refractivity contribution < 1.29 is 9.53 Å². The standard InChI is InChI=1S/C14H21BrN2O2/c1-14(2,13(18)17(3)4)16-9-10-19-12-8-6-5-7-11(12)15/h5-8,16H,9-10H2,1-4H3. The van der Waals surface area contributed by atoms with E-state index in [9.17, 15) is 4.79 Å². The highest BCUT2D eigenvalue weighted by Gasteiger charge is 2.27. The van der Waals surface area contributed by atoms with Crippen LogP contribution in [0.2, 0.25) is 0 Å². The van der Waals surface area contributed by atoms with Crippen LogP contribution in [0.5, 0.6) is 5.75 Å². The molecule has 0 atom stereocenters. The van der Waals surface area contributed by atoms with Gasteiger partial charge in [0.2, 0.25) is 5.91 Å². The molecule has 0 aliphatic heterocycles. The van der Waals surface area contributed by atoms with Gasteiger partial charge in [0.25, 0.3) is 0 Å². The Labute approximate surface area is 123 Å². The van der Waals surface area contributed by atoms with Crippen LogP contribution < -0.4 is 10.1 Å². The maximum Gasteiger partial charge on any atom is 0.241 e. The molecule has 0 heterocycles. The lowest BCUT2D eigenvalue weighted by molar-refractivity contribution is -0.134. The molecule has 0 saturated carbocycles. The van der Waals surface area contributed by atoms with Gasteiger partial charge in [0.05, 0.1) is 10.0 Å². The van der Waals surface area contributed by atoms with Gasteiger partial charge in [-0.3, -0.25) is 4.79 Å². The van der Waals surface area contributed by atoms with Crippen LogP contribution in [0.15, 0.2) is 28.7 Å². The van der Waals surface area contributed by atoms with Gasteiger partial charge in [0, 0.05) is 20.6 Å². The Morgan fingerprint density at radius 2 is 2.00 bits per heavy atom. The van der Waals surface area contributed by atoms with Crippen molar-refractivity contribution >= 4 is 21.8 Å². The van der Waals surface area contributed by atoms with E-state index in [0.29, 0.717) is 13.2 Å². The summed E-state index contributed by atoms with van der Waals surface area (Å²) in [7, 11) is 3.51. The highest BCUT2D eigenvalue weighted by molar-refractivity contribution is 9.10. The van der Waals surface area contributed by atoms with Crippen LogP contribution in [-0.2, 0) is 4.79 Å². The van der Waals surface area contributed by atoms with Crippen molar-refractivity contribution in [2.24, 2.45) is 0 Å². The maximum absolute atomic E-state index is 11.9. The van der Waals surface area contributed by atoms with E-state index in [1.165, 1.54) is 0 Å². The molecule has 106 valence electrons. The molecule has 0 aromatic heterocycles. The summed E-state index contributed by atoms with van der Waals surface area (Å²) in [4.78, 5) is 13.5. The first-order valence-electron chi connectivity index (χ1n) is 6.18. The van der Waals surface area contributed by atoms with Crippen molar-refractivity contribution in [3.8, 4) is 5.75 Å². The van der Waals surface area contributed by atoms with E-state index in [1.807, 2.05) is 38.1 Å². The quantitative estimate of drug-likeness (QED) is 0.814. The van der Waals surface area contributed by atoms with Gasteiger partial charge in [-0.2, -0.15) is 0 Å². The molecule has 5 heteroatoms. The third-order valence-electron chi connectivity index (χ3n) is 2.70. The molecule has 4 nitrogen and oxygen atoms in total. The van der Waals surface area contributed by atoms with Crippen LogP contribution in [0.1, 0.15) is 13.8 Å². The molecule has 1 N–H and O–H groups in total. The molecule has 1 amide bonds. The fourth-order valence-electron chi connectivity index (χ4n) is 1.72. The molecule has 19 heavy (non-hydrogen) atoms. The summed E-state index contributed by atoms with van der Waals surface area (Å²) in [6.07, 6.45) is 0. The predicted molar refractivity (Wildman–Crippen MR) is 80.4 cm³/mol. The minimum absolute atomic E-state index is 0.0494. The van der Waals surface area contributed by atoms with E-state index in [0.717, 1.165) is 10.2 Å². The molecule has 1 rings (SSSR count). The predicted octanol–water partition coefficient (Wildman–Crippen LogP) is 2.28. The number of rotatable bonds is 6. The van der Waals surface area contributed by atoms with Crippen LogP contribution in [-0.4, -0.2) is 43.6 Å². The van der Waals surface area contributed by atoms with E-state index in [2.05, 4.69) is 21.2 Å². The Hall–Kier alpha value is -1.07. The lowest BCUT2D eigenvalue weighted by Crippen LogP contribution is -2.53. The first-order chi connectivity index (χ1) is 8.84. The summed E-state index contributed by atoms with van der Waals surface area (Å²) in [5.41, 5.74) is -0.583. The summed E-state index contributed by atoms with van der Waals surface area (Å²) in [6, 6.07) is 7.70. The second-order valence-corrected chi connectivity index (χ2v) is 5.88. The molecule has 0 aliphatic carbocycles. The van der Waals surface area contributed by atoms with Gasteiger partial charge in [-0.05, 0) is 41.9 Å². The van der Waals surface area contributed by atoms with Crippen LogP contribution in [0.25, 0.3) is 0 Å². The van der Waals surface area contributed by atoms with Gasteiger partial charge >= 0.3 is 0 Å². The number of likely N-dealkylation sites (N-methyl/N-ethyl adjacent to an activating group) is 1. The van der Waals surface area contributed by atoms with Crippen molar-refractivity contribution in [3.63, 3.8) is 0 Å². The number of amides is 1. The number of hydrogen-bond donors (Lipinski definition) is 1. The number of hydrogen-bond acceptors (Lipinski definition) is 3. The van der Waals surface area contributed by atoms with Gasteiger partial charge in [0.1, 0.15) is 12.4 Å². The van der Waals surface area contributed by atoms with Crippen molar-refractivity contribution in [3.05, 3.63) is 28.7 Å². The Balaban J connectivity index is 2.39. The van der Waals surface area contributed by atoms with E-state index >= 15 is 0 Å². The number of halogens is 1. The van der Waals surface area contributed by atoms with Crippen LogP contribution in [0.4, 0.5) is 0 Å². The van der Waals surface area contributed by atoms with E-state index in [-0.39, 0.29) is 5.91 Å². The number of benzene rings is 1. The molecular formula is C14H21BrN2O2. The molecule has 0 aliphatic rings. The molecule has 0 fully saturated rings. The smallest absolute Gasteiger partial charge is 0.241 e. The highest BCUT2D eigenvalue weighted by Crippen LogP contribution is 2.23. The number of ether oxygens (including phenoxy) is 1. The molecular weight excluding hydrogens is 308 g/mol. The largest absolute Gasteiger partial charge is 0.491 e. The van der Waals surface area contributed by atoms with Crippen molar-refractivity contribution in [2.45, 2.75) is 19.4 Å². The van der Waals surface area contributed by atoms with E-state index in [1.54, 1.807) is 19.0 Å². The Morgan fingerprint density at radius 3 is 2.58 bits per heavy atom. The Morgan fingerprint density at radius 1 is 1.37 bits per heavy atom. The lowest BCUT2D eigenvalue weighted by Gasteiger charge is -2.28. The average Bonchev–Trinajstić information content (AvgIpc) is 2.35. The normalized spacial score (nSPS) is 11.2. The second kappa shape index (κ2) is 6.91. The highest BCUT2D eigenvalue weighted by atomic mass is 79.9. The van der Waals surface area contributed by atoms with Crippen LogP contribution in [0.3, 0.4) is 0 Å². The number of para-hydroxylation sites is 1. The monoisotopic (exact) mass is 328 g/mol. The summed E-state index contributed by atoms with van der Waals surface area (Å²) in [5.74, 6) is 0.856. The minimum Gasteiger partial charge on any atom is -0.491 e. The molecule has 0 saturated heterocycles. The molecule has 0 bridgehead atoms. The second-order valence-electron chi connectivity index (χ2n) is 5.03. The summed E-state index contributed by atoms with van der Waals surface area (Å²) >= 11 is 3.42. The zero-order chi connectivity index (χ0) is 14.5. The van der Waals surface area contributed by atoms with Gasteiger partial charge in [-0.25, -0.2) is 0 Å². The minimum atomic E-state index is -0.583. The van der Waals surface area contributed by atoms with Crippen molar-refractivity contribution in [2.75, 3.05) is 27.2 Å². The van der Waals surface area contributed by atoms with E-state index in [4.69, 9.17) is 4.74 Å². The maximum atomic E-state index is 11.9. The average molecular weight is 329 g/mol. The molecule has 0 unspecified atom stereocenters. The van der Waals surface area contributed by atoms with Crippen LogP contribution in [0, 0.1) is 0 Å². The summed E-state index contributed by atoms with van der Waals surface area (Å²) in [5, 5.41) is 3.20. The third kappa shape index (κ3) is 4.84.